The van der Waals surface area contributed by atoms with Gasteiger partial charge in [0, 0.05) is 17.3 Å². The largest absolute Gasteiger partial charge is 0.348 e. The Kier molecular flexibility index (Phi) is 2.54. The average molecular weight is 291 g/mol. The molecule has 1 amide bonds. The number of hydrogen-bond donors (Lipinski definition) is 1. The highest BCUT2D eigenvalue weighted by molar-refractivity contribution is 6.28. The molecule has 1 N–H and O–H groups in total. The van der Waals surface area contributed by atoms with Crippen molar-refractivity contribution in [2.75, 3.05) is 0 Å². The van der Waals surface area contributed by atoms with Crippen molar-refractivity contribution in [2.24, 2.45) is 0 Å². The van der Waals surface area contributed by atoms with Crippen LogP contribution in [0, 0.1) is 0 Å². The summed E-state index contributed by atoms with van der Waals surface area (Å²) in [5.74, 6) is 0.122. The lowest BCUT2D eigenvalue weighted by Gasteiger charge is -2.41. The molecule has 2 aliphatic rings. The second kappa shape index (κ2) is 4.19. The Morgan fingerprint density at radius 3 is 2.90 bits per heavy atom. The zero-order valence-corrected chi connectivity index (χ0v) is 11.8. The first-order valence-electron chi connectivity index (χ1n) is 7.02. The monoisotopic (exact) mass is 290 g/mol. The van der Waals surface area contributed by atoms with Crippen molar-refractivity contribution in [1.82, 2.24) is 19.9 Å². The highest BCUT2D eigenvalue weighted by Gasteiger charge is 2.45. The fraction of sp³-hybridized carbons (Fsp3) is 0.500. The van der Waals surface area contributed by atoms with Crippen LogP contribution in [-0.4, -0.2) is 20.4 Å². The summed E-state index contributed by atoms with van der Waals surface area (Å²) in [5, 5.41) is 4.22. The van der Waals surface area contributed by atoms with Crippen LogP contribution in [0.1, 0.15) is 37.8 Å². The number of nitrogens with zero attached hydrogens (tertiary/aromatic N) is 3. The van der Waals surface area contributed by atoms with Gasteiger partial charge in [-0.25, -0.2) is 4.98 Å². The predicted octanol–water partition coefficient (Wildman–Crippen LogP) is 2.37. The lowest BCUT2D eigenvalue weighted by Crippen LogP contribution is -2.54. The maximum absolute atomic E-state index is 12.6. The molecule has 2 aromatic heterocycles. The van der Waals surface area contributed by atoms with Crippen molar-refractivity contribution in [2.45, 2.75) is 44.2 Å². The lowest BCUT2D eigenvalue weighted by molar-refractivity contribution is -0.133. The molecule has 6 heteroatoms. The van der Waals surface area contributed by atoms with Crippen LogP contribution >= 0.6 is 11.6 Å². The van der Waals surface area contributed by atoms with Crippen molar-refractivity contribution in [3.63, 3.8) is 0 Å². The molecule has 0 atom stereocenters. The maximum Gasteiger partial charge on any atom is 0.246 e. The van der Waals surface area contributed by atoms with Gasteiger partial charge in [-0.05, 0) is 30.5 Å². The molecule has 1 saturated carbocycles. The van der Waals surface area contributed by atoms with Crippen molar-refractivity contribution < 1.29 is 4.79 Å². The van der Waals surface area contributed by atoms with E-state index in [-0.39, 0.29) is 11.2 Å². The van der Waals surface area contributed by atoms with Crippen LogP contribution in [0.3, 0.4) is 0 Å². The van der Waals surface area contributed by atoms with E-state index in [4.69, 9.17) is 11.6 Å². The Labute approximate surface area is 121 Å². The average Bonchev–Trinajstić information content (AvgIpc) is 2.83. The zero-order chi connectivity index (χ0) is 13.7. The number of amides is 1. The van der Waals surface area contributed by atoms with E-state index in [0.717, 1.165) is 42.4 Å². The van der Waals surface area contributed by atoms with Gasteiger partial charge in [-0.1, -0.05) is 19.3 Å². The summed E-state index contributed by atoms with van der Waals surface area (Å²) in [5.41, 5.74) is 1.40. The van der Waals surface area contributed by atoms with E-state index in [0.29, 0.717) is 6.54 Å². The molecule has 2 aromatic rings. The summed E-state index contributed by atoms with van der Waals surface area (Å²) in [6, 6.07) is 2.06. The van der Waals surface area contributed by atoms with Crippen molar-refractivity contribution in [3.8, 4) is 0 Å². The number of fused-ring (bicyclic) bond motifs is 4. The standard InChI is InChI=1S/C14H15ClN4O/c15-13-17-7-9-6-10-8-16-12(20)14(4-2-1-3-5-14)19(10)11(9)18-13/h6-7H,1-5,8H2,(H,16,20). The molecular formula is C14H15ClN4O. The van der Waals surface area contributed by atoms with Crippen LogP contribution in [0.5, 0.6) is 0 Å². The van der Waals surface area contributed by atoms with E-state index in [1.807, 2.05) is 0 Å². The van der Waals surface area contributed by atoms with Gasteiger partial charge in [-0.2, -0.15) is 4.98 Å². The third kappa shape index (κ3) is 1.53. The summed E-state index contributed by atoms with van der Waals surface area (Å²) >= 11 is 5.95. The minimum absolute atomic E-state index is 0.122. The van der Waals surface area contributed by atoms with Gasteiger partial charge in [0.2, 0.25) is 11.2 Å². The van der Waals surface area contributed by atoms with Crippen molar-refractivity contribution >= 4 is 28.5 Å². The summed E-state index contributed by atoms with van der Waals surface area (Å²) in [4.78, 5) is 21.0. The number of carbonyl (C=O) groups is 1. The SMILES string of the molecule is O=C1NCc2cc3cnc(Cl)nc3n2C12CCCCC2. The number of carbonyl (C=O) groups excluding carboxylic acids is 1. The van der Waals surface area contributed by atoms with E-state index in [2.05, 4.69) is 25.9 Å². The van der Waals surface area contributed by atoms with E-state index in [9.17, 15) is 4.79 Å². The van der Waals surface area contributed by atoms with Gasteiger partial charge in [-0.15, -0.1) is 0 Å². The van der Waals surface area contributed by atoms with E-state index in [1.165, 1.54) is 6.42 Å². The molecule has 0 unspecified atom stereocenters. The van der Waals surface area contributed by atoms with E-state index < -0.39 is 5.54 Å². The molecule has 1 spiro atoms. The van der Waals surface area contributed by atoms with E-state index >= 15 is 0 Å². The molecule has 1 aliphatic carbocycles. The van der Waals surface area contributed by atoms with Crippen LogP contribution in [-0.2, 0) is 16.9 Å². The van der Waals surface area contributed by atoms with E-state index in [1.54, 1.807) is 6.20 Å². The Hall–Kier alpha value is -1.62. The van der Waals surface area contributed by atoms with Gasteiger partial charge in [0.25, 0.3) is 0 Å². The highest BCUT2D eigenvalue weighted by atomic mass is 35.5. The topological polar surface area (TPSA) is 59.8 Å². The number of rotatable bonds is 0. The molecule has 0 radical (unpaired) electrons. The van der Waals surface area contributed by atoms with Gasteiger partial charge in [0.1, 0.15) is 11.2 Å². The summed E-state index contributed by atoms with van der Waals surface area (Å²) in [7, 11) is 0. The molecular weight excluding hydrogens is 276 g/mol. The molecule has 20 heavy (non-hydrogen) atoms. The first-order chi connectivity index (χ1) is 9.71. The zero-order valence-electron chi connectivity index (χ0n) is 11.0. The first kappa shape index (κ1) is 12.1. The smallest absolute Gasteiger partial charge is 0.246 e. The summed E-state index contributed by atoms with van der Waals surface area (Å²) in [6.07, 6.45) is 6.82. The Balaban J connectivity index is 2.02. The second-order valence-corrected chi connectivity index (χ2v) is 6.00. The third-order valence-corrected chi connectivity index (χ3v) is 4.73. The predicted molar refractivity (Wildman–Crippen MR) is 75.4 cm³/mol. The van der Waals surface area contributed by atoms with Crippen LogP contribution < -0.4 is 5.32 Å². The number of nitrogens with one attached hydrogen (secondary N) is 1. The number of halogens is 1. The fourth-order valence-electron chi connectivity index (χ4n) is 3.65. The Morgan fingerprint density at radius 1 is 1.30 bits per heavy atom. The highest BCUT2D eigenvalue weighted by Crippen LogP contribution is 2.40. The van der Waals surface area contributed by atoms with Gasteiger partial charge < -0.3 is 9.88 Å². The molecule has 0 aromatic carbocycles. The van der Waals surface area contributed by atoms with Gasteiger partial charge in [0.15, 0.2) is 0 Å². The lowest BCUT2D eigenvalue weighted by atomic mass is 9.79. The minimum Gasteiger partial charge on any atom is -0.348 e. The Morgan fingerprint density at radius 2 is 2.10 bits per heavy atom. The summed E-state index contributed by atoms with van der Waals surface area (Å²) < 4.78 is 2.12. The normalized spacial score (nSPS) is 20.9. The third-order valence-electron chi connectivity index (χ3n) is 4.55. The quantitative estimate of drug-likeness (QED) is 0.758. The molecule has 0 bridgehead atoms. The molecule has 1 fully saturated rings. The van der Waals surface area contributed by atoms with Crippen molar-refractivity contribution in [1.29, 1.82) is 0 Å². The molecule has 3 heterocycles. The van der Waals surface area contributed by atoms with Crippen LogP contribution in [0.4, 0.5) is 0 Å². The molecule has 4 rings (SSSR count). The number of hydrogen-bond acceptors (Lipinski definition) is 3. The van der Waals surface area contributed by atoms with Gasteiger partial charge in [0.05, 0.1) is 6.54 Å². The molecule has 0 saturated heterocycles. The van der Waals surface area contributed by atoms with Gasteiger partial charge >= 0.3 is 0 Å². The summed E-state index contributed by atoms with van der Waals surface area (Å²) in [6.45, 7) is 0.550. The van der Waals surface area contributed by atoms with Crippen LogP contribution in [0.2, 0.25) is 5.28 Å². The fourth-order valence-corrected chi connectivity index (χ4v) is 3.78. The van der Waals surface area contributed by atoms with Crippen LogP contribution in [0.25, 0.3) is 11.0 Å². The number of aromatic nitrogens is 3. The second-order valence-electron chi connectivity index (χ2n) is 5.66. The van der Waals surface area contributed by atoms with Gasteiger partial charge in [-0.3, -0.25) is 4.79 Å². The molecule has 5 nitrogen and oxygen atoms in total. The molecule has 104 valence electrons. The Bertz CT molecular complexity index is 703. The molecule has 1 aliphatic heterocycles. The first-order valence-corrected chi connectivity index (χ1v) is 7.40. The minimum atomic E-state index is -0.481. The van der Waals surface area contributed by atoms with Crippen LogP contribution in [0.15, 0.2) is 12.3 Å². The maximum atomic E-state index is 12.6. The van der Waals surface area contributed by atoms with Crippen molar-refractivity contribution in [3.05, 3.63) is 23.2 Å².